The molecule has 3 rings (SSSR count). The summed E-state index contributed by atoms with van der Waals surface area (Å²) in [6.45, 7) is 2.33. The predicted molar refractivity (Wildman–Crippen MR) is 76.2 cm³/mol. The Balaban J connectivity index is 1.87. The maximum Gasteiger partial charge on any atom is 0.184 e. The molecule has 1 unspecified atom stereocenters. The molecule has 2 N–H and O–H groups in total. The molecule has 0 amide bonds. The number of halogens is 1. The molecule has 1 aromatic heterocycles. The molecular weight excluding hydrogens is 278 g/mol. The van der Waals surface area contributed by atoms with E-state index in [0.717, 1.165) is 38.2 Å². The fourth-order valence-corrected chi connectivity index (χ4v) is 2.61. The Hall–Kier alpha value is -1.66. The van der Waals surface area contributed by atoms with Gasteiger partial charge in [0.2, 0.25) is 0 Å². The highest BCUT2D eigenvalue weighted by Crippen LogP contribution is 2.27. The third-order valence-electron chi connectivity index (χ3n) is 3.47. The predicted octanol–water partition coefficient (Wildman–Crippen LogP) is 2.00. The van der Waals surface area contributed by atoms with Crippen molar-refractivity contribution < 1.29 is 4.74 Å². The van der Waals surface area contributed by atoms with Crippen LogP contribution in [0, 0.1) is 5.92 Å². The van der Waals surface area contributed by atoms with Crippen LogP contribution in [0.3, 0.4) is 0 Å². The van der Waals surface area contributed by atoms with Gasteiger partial charge in [-0.15, -0.1) is 5.10 Å². The van der Waals surface area contributed by atoms with Gasteiger partial charge >= 0.3 is 0 Å². The highest BCUT2D eigenvalue weighted by molar-refractivity contribution is 6.31. The van der Waals surface area contributed by atoms with E-state index in [2.05, 4.69) is 15.5 Å². The van der Waals surface area contributed by atoms with Gasteiger partial charge in [0.05, 0.1) is 13.2 Å². The van der Waals surface area contributed by atoms with Crippen LogP contribution in [-0.2, 0) is 11.3 Å². The molecule has 0 saturated carbocycles. The summed E-state index contributed by atoms with van der Waals surface area (Å²) in [5.41, 5.74) is 7.37. The minimum Gasteiger partial charge on any atom is -0.398 e. The molecule has 0 radical (unpaired) electrons. The minimum atomic E-state index is 0.436. The quantitative estimate of drug-likeness (QED) is 0.876. The molecule has 1 fully saturated rings. The van der Waals surface area contributed by atoms with E-state index in [1.54, 1.807) is 22.9 Å². The second kappa shape index (κ2) is 5.76. The standard InChI is InChI=1S/C13H16ClN5O/c14-10-3-4-12(15)11(6-10)13-16-17-18-19(13)7-9-2-1-5-20-8-9/h3-4,6,9H,1-2,5,7-8,15H2. The summed E-state index contributed by atoms with van der Waals surface area (Å²) in [6.07, 6.45) is 2.21. The maximum absolute atomic E-state index is 6.02. The lowest BCUT2D eigenvalue weighted by Gasteiger charge is -2.22. The summed E-state index contributed by atoms with van der Waals surface area (Å²) in [5.74, 6) is 1.09. The second-order valence-corrected chi connectivity index (χ2v) is 5.44. The summed E-state index contributed by atoms with van der Waals surface area (Å²) in [7, 11) is 0. The Kier molecular flexibility index (Phi) is 3.84. The van der Waals surface area contributed by atoms with Crippen LogP contribution >= 0.6 is 11.6 Å². The zero-order chi connectivity index (χ0) is 13.9. The van der Waals surface area contributed by atoms with Crippen LogP contribution in [0.4, 0.5) is 5.69 Å². The lowest BCUT2D eigenvalue weighted by atomic mass is 10.0. The first-order valence-electron chi connectivity index (χ1n) is 6.63. The molecule has 0 aliphatic carbocycles. The molecule has 1 aliphatic heterocycles. The Labute approximate surface area is 121 Å². The van der Waals surface area contributed by atoms with Crippen LogP contribution in [0.2, 0.25) is 5.02 Å². The van der Waals surface area contributed by atoms with Crippen LogP contribution in [-0.4, -0.2) is 33.4 Å². The van der Waals surface area contributed by atoms with Gasteiger partial charge in [-0.3, -0.25) is 0 Å². The number of benzene rings is 1. The summed E-state index contributed by atoms with van der Waals surface area (Å²) in [5, 5.41) is 12.5. The Bertz CT molecular complexity index is 594. The topological polar surface area (TPSA) is 78.9 Å². The molecule has 1 aliphatic rings. The van der Waals surface area contributed by atoms with Gasteiger partial charge in [-0.05, 0) is 41.5 Å². The number of anilines is 1. The van der Waals surface area contributed by atoms with Gasteiger partial charge in [0.25, 0.3) is 0 Å². The van der Waals surface area contributed by atoms with Crippen LogP contribution < -0.4 is 5.73 Å². The molecule has 2 aromatic rings. The van der Waals surface area contributed by atoms with E-state index < -0.39 is 0 Å². The SMILES string of the molecule is Nc1ccc(Cl)cc1-c1nnnn1CC1CCCOC1. The number of rotatable bonds is 3. The van der Waals surface area contributed by atoms with Crippen molar-refractivity contribution in [2.45, 2.75) is 19.4 Å². The van der Waals surface area contributed by atoms with Gasteiger partial charge in [-0.2, -0.15) is 0 Å². The molecule has 6 nitrogen and oxygen atoms in total. The fraction of sp³-hybridized carbons (Fsp3) is 0.462. The van der Waals surface area contributed by atoms with E-state index in [1.165, 1.54) is 0 Å². The number of ether oxygens (including phenoxy) is 1. The summed E-state index contributed by atoms with van der Waals surface area (Å²) < 4.78 is 7.27. The van der Waals surface area contributed by atoms with Crippen molar-refractivity contribution in [1.29, 1.82) is 0 Å². The lowest BCUT2D eigenvalue weighted by molar-refractivity contribution is 0.0470. The monoisotopic (exact) mass is 293 g/mol. The Morgan fingerprint density at radius 1 is 1.45 bits per heavy atom. The van der Waals surface area contributed by atoms with Crippen molar-refractivity contribution >= 4 is 17.3 Å². The third-order valence-corrected chi connectivity index (χ3v) is 3.71. The molecule has 20 heavy (non-hydrogen) atoms. The molecule has 7 heteroatoms. The van der Waals surface area contributed by atoms with Gasteiger partial charge in [-0.25, -0.2) is 4.68 Å². The number of tetrazole rings is 1. The van der Waals surface area contributed by atoms with Crippen LogP contribution in [0.1, 0.15) is 12.8 Å². The first-order chi connectivity index (χ1) is 9.74. The second-order valence-electron chi connectivity index (χ2n) is 5.00. The van der Waals surface area contributed by atoms with Crippen molar-refractivity contribution in [3.05, 3.63) is 23.2 Å². The normalized spacial score (nSPS) is 19.1. The van der Waals surface area contributed by atoms with Gasteiger partial charge in [0.1, 0.15) is 0 Å². The fourth-order valence-electron chi connectivity index (χ4n) is 2.44. The van der Waals surface area contributed by atoms with Crippen LogP contribution in [0.5, 0.6) is 0 Å². The smallest absolute Gasteiger partial charge is 0.184 e. The van der Waals surface area contributed by atoms with Gasteiger partial charge < -0.3 is 10.5 Å². The average Bonchev–Trinajstić information content (AvgIpc) is 2.91. The average molecular weight is 294 g/mol. The van der Waals surface area contributed by atoms with E-state index >= 15 is 0 Å². The summed E-state index contributed by atoms with van der Waals surface area (Å²) in [6, 6.07) is 5.31. The third kappa shape index (κ3) is 2.76. The van der Waals surface area contributed by atoms with Crippen molar-refractivity contribution in [2.75, 3.05) is 18.9 Å². The molecule has 106 valence electrons. The Morgan fingerprint density at radius 3 is 3.15 bits per heavy atom. The molecule has 1 aromatic carbocycles. The number of nitrogens with two attached hydrogens (primary N) is 1. The van der Waals surface area contributed by atoms with E-state index in [1.807, 2.05) is 0 Å². The summed E-state index contributed by atoms with van der Waals surface area (Å²) in [4.78, 5) is 0. The van der Waals surface area contributed by atoms with E-state index in [-0.39, 0.29) is 0 Å². The Morgan fingerprint density at radius 2 is 2.35 bits per heavy atom. The maximum atomic E-state index is 6.02. The van der Waals surface area contributed by atoms with Crippen LogP contribution in [0.15, 0.2) is 18.2 Å². The molecule has 0 bridgehead atoms. The molecule has 2 heterocycles. The van der Waals surface area contributed by atoms with Crippen LogP contribution in [0.25, 0.3) is 11.4 Å². The number of nitrogens with zero attached hydrogens (tertiary/aromatic N) is 4. The first-order valence-corrected chi connectivity index (χ1v) is 7.01. The number of hydrogen-bond donors (Lipinski definition) is 1. The zero-order valence-corrected chi connectivity index (χ0v) is 11.8. The van der Waals surface area contributed by atoms with Crippen molar-refractivity contribution in [3.63, 3.8) is 0 Å². The molecular formula is C13H16ClN5O. The number of nitrogen functional groups attached to an aromatic ring is 1. The van der Waals surface area contributed by atoms with Gasteiger partial charge in [0, 0.05) is 28.8 Å². The minimum absolute atomic E-state index is 0.436. The number of hydrogen-bond acceptors (Lipinski definition) is 5. The summed E-state index contributed by atoms with van der Waals surface area (Å²) >= 11 is 6.02. The van der Waals surface area contributed by atoms with Gasteiger partial charge in [0.15, 0.2) is 5.82 Å². The van der Waals surface area contributed by atoms with Crippen molar-refractivity contribution in [3.8, 4) is 11.4 Å². The van der Waals surface area contributed by atoms with E-state index in [4.69, 9.17) is 22.1 Å². The molecule has 1 atom stereocenters. The molecule has 1 saturated heterocycles. The van der Waals surface area contributed by atoms with E-state index in [0.29, 0.717) is 22.5 Å². The van der Waals surface area contributed by atoms with Crippen molar-refractivity contribution in [2.24, 2.45) is 5.92 Å². The lowest BCUT2D eigenvalue weighted by Crippen LogP contribution is -2.23. The first kappa shape index (κ1) is 13.3. The molecule has 0 spiro atoms. The number of aromatic nitrogens is 4. The highest BCUT2D eigenvalue weighted by atomic mass is 35.5. The highest BCUT2D eigenvalue weighted by Gasteiger charge is 2.19. The van der Waals surface area contributed by atoms with Crippen molar-refractivity contribution in [1.82, 2.24) is 20.2 Å². The zero-order valence-electron chi connectivity index (χ0n) is 11.0. The largest absolute Gasteiger partial charge is 0.398 e. The van der Waals surface area contributed by atoms with Gasteiger partial charge in [-0.1, -0.05) is 11.6 Å². The van der Waals surface area contributed by atoms with E-state index in [9.17, 15) is 0 Å².